The Bertz CT molecular complexity index is 798. The second kappa shape index (κ2) is 10.2. The van der Waals surface area contributed by atoms with E-state index in [0.717, 1.165) is 18.8 Å². The minimum atomic E-state index is -0.509. The number of carbonyl (C=O) groups is 2. The number of halogens is 2. The van der Waals surface area contributed by atoms with E-state index in [0.29, 0.717) is 10.5 Å². The normalized spacial score (nSPS) is 10.4. The molecular formula is C19H21ClFN3O2S. The van der Waals surface area contributed by atoms with Crippen molar-refractivity contribution in [1.82, 2.24) is 10.9 Å². The molecule has 2 aromatic carbocycles. The van der Waals surface area contributed by atoms with Gasteiger partial charge in [-0.25, -0.2) is 4.39 Å². The first-order chi connectivity index (χ1) is 12.9. The van der Waals surface area contributed by atoms with Gasteiger partial charge in [0.15, 0.2) is 0 Å². The van der Waals surface area contributed by atoms with Gasteiger partial charge in [0.1, 0.15) is 5.82 Å². The van der Waals surface area contributed by atoms with Crippen LogP contribution in [0.5, 0.6) is 0 Å². The topological polar surface area (TPSA) is 61.4 Å². The molecule has 0 bridgehead atoms. The van der Waals surface area contributed by atoms with Gasteiger partial charge in [0.05, 0.1) is 10.8 Å². The Morgan fingerprint density at radius 2 is 1.74 bits per heavy atom. The van der Waals surface area contributed by atoms with Gasteiger partial charge in [0.25, 0.3) is 5.91 Å². The van der Waals surface area contributed by atoms with Crippen molar-refractivity contribution in [3.05, 3.63) is 58.9 Å². The molecule has 0 fully saturated rings. The van der Waals surface area contributed by atoms with Crippen molar-refractivity contribution >= 4 is 40.9 Å². The third-order valence-electron chi connectivity index (χ3n) is 3.83. The average molecular weight is 410 g/mol. The van der Waals surface area contributed by atoms with Crippen molar-refractivity contribution in [3.63, 3.8) is 0 Å². The predicted molar refractivity (Wildman–Crippen MR) is 108 cm³/mol. The zero-order valence-corrected chi connectivity index (χ0v) is 16.7. The maximum absolute atomic E-state index is 13.1. The highest BCUT2D eigenvalue weighted by Gasteiger charge is 2.10. The van der Waals surface area contributed by atoms with Crippen LogP contribution in [0.4, 0.5) is 10.1 Å². The molecule has 0 aliphatic carbocycles. The van der Waals surface area contributed by atoms with E-state index in [1.807, 2.05) is 12.1 Å². The lowest BCUT2D eigenvalue weighted by Crippen LogP contribution is -2.42. The Balaban J connectivity index is 1.82. The molecule has 2 aromatic rings. The van der Waals surface area contributed by atoms with Gasteiger partial charge in [0, 0.05) is 29.2 Å². The van der Waals surface area contributed by atoms with Gasteiger partial charge in [-0.1, -0.05) is 11.6 Å². The fourth-order valence-electron chi connectivity index (χ4n) is 2.36. The number of amides is 2. The van der Waals surface area contributed by atoms with E-state index in [9.17, 15) is 14.0 Å². The largest absolute Gasteiger partial charge is 0.372 e. The van der Waals surface area contributed by atoms with E-state index in [-0.39, 0.29) is 16.7 Å². The molecule has 5 nitrogen and oxygen atoms in total. The maximum Gasteiger partial charge on any atom is 0.269 e. The molecule has 0 aliphatic rings. The average Bonchev–Trinajstić information content (AvgIpc) is 2.68. The van der Waals surface area contributed by atoms with Crippen LogP contribution < -0.4 is 15.8 Å². The van der Waals surface area contributed by atoms with E-state index in [4.69, 9.17) is 11.6 Å². The zero-order chi connectivity index (χ0) is 19.8. The molecule has 0 aliphatic heterocycles. The molecule has 0 aromatic heterocycles. The Morgan fingerprint density at radius 3 is 2.33 bits per heavy atom. The van der Waals surface area contributed by atoms with Gasteiger partial charge in [-0.3, -0.25) is 20.4 Å². The fourth-order valence-corrected chi connectivity index (χ4v) is 3.34. The molecule has 0 heterocycles. The van der Waals surface area contributed by atoms with Crippen molar-refractivity contribution in [2.45, 2.75) is 18.7 Å². The van der Waals surface area contributed by atoms with Crippen LogP contribution in [0.1, 0.15) is 24.2 Å². The van der Waals surface area contributed by atoms with Gasteiger partial charge in [-0.15, -0.1) is 11.8 Å². The summed E-state index contributed by atoms with van der Waals surface area (Å²) in [4.78, 5) is 26.8. The number of benzene rings is 2. The highest BCUT2D eigenvalue weighted by molar-refractivity contribution is 8.00. The van der Waals surface area contributed by atoms with E-state index in [1.165, 1.54) is 30.0 Å². The van der Waals surface area contributed by atoms with Crippen LogP contribution >= 0.6 is 23.4 Å². The van der Waals surface area contributed by atoms with E-state index < -0.39 is 11.7 Å². The van der Waals surface area contributed by atoms with Crippen molar-refractivity contribution in [3.8, 4) is 0 Å². The lowest BCUT2D eigenvalue weighted by Gasteiger charge is -2.21. The number of anilines is 1. The summed E-state index contributed by atoms with van der Waals surface area (Å²) >= 11 is 6.89. The summed E-state index contributed by atoms with van der Waals surface area (Å²) in [5.41, 5.74) is 6.23. The van der Waals surface area contributed by atoms with Gasteiger partial charge in [0.2, 0.25) is 5.91 Å². The first kappa shape index (κ1) is 21.1. The lowest BCUT2D eigenvalue weighted by molar-refractivity contribution is -0.119. The Labute approximate surface area is 167 Å². The molecule has 8 heteroatoms. The highest BCUT2D eigenvalue weighted by Crippen LogP contribution is 2.23. The number of hydrazine groups is 1. The number of carbonyl (C=O) groups excluding carboxylic acids is 2. The molecule has 2 amide bonds. The molecule has 0 saturated heterocycles. The Hall–Kier alpha value is -2.25. The maximum atomic E-state index is 13.1. The summed E-state index contributed by atoms with van der Waals surface area (Å²) in [5, 5.41) is 0.00173. The number of thioether (sulfide) groups is 1. The van der Waals surface area contributed by atoms with Crippen molar-refractivity contribution in [2.75, 3.05) is 23.7 Å². The van der Waals surface area contributed by atoms with Gasteiger partial charge in [-0.05, 0) is 56.3 Å². The molecule has 0 unspecified atom stereocenters. The molecule has 0 atom stereocenters. The molecular weight excluding hydrogens is 389 g/mol. The molecule has 0 saturated carbocycles. The van der Waals surface area contributed by atoms with Crippen LogP contribution in [0.25, 0.3) is 0 Å². The smallest absolute Gasteiger partial charge is 0.269 e. The first-order valence-electron chi connectivity index (χ1n) is 8.46. The van der Waals surface area contributed by atoms with Gasteiger partial charge in [-0.2, -0.15) is 0 Å². The summed E-state index contributed by atoms with van der Waals surface area (Å²) in [5.74, 6) is -1.23. The minimum absolute atomic E-state index is 0.00173. The molecule has 0 spiro atoms. The summed E-state index contributed by atoms with van der Waals surface area (Å²) < 4.78 is 13.1. The third-order valence-corrected chi connectivity index (χ3v) is 5.12. The standard InChI is InChI=1S/C19H21ClFN3O2S/c1-3-24(4-2)14-7-5-13(6-8-14)19(26)23-22-18(25)12-27-15-9-10-17(21)16(20)11-15/h5-11H,3-4,12H2,1-2H3,(H,22,25)(H,23,26). The van der Waals surface area contributed by atoms with Crippen LogP contribution in [0, 0.1) is 5.82 Å². The molecule has 2 N–H and O–H groups in total. The summed E-state index contributed by atoms with van der Waals surface area (Å²) in [6.45, 7) is 5.90. The van der Waals surface area contributed by atoms with Gasteiger partial charge >= 0.3 is 0 Å². The first-order valence-corrected chi connectivity index (χ1v) is 9.83. The van der Waals surface area contributed by atoms with E-state index in [1.54, 1.807) is 12.1 Å². The van der Waals surface area contributed by atoms with Crippen LogP contribution in [-0.2, 0) is 4.79 Å². The van der Waals surface area contributed by atoms with Gasteiger partial charge < -0.3 is 4.90 Å². The van der Waals surface area contributed by atoms with E-state index in [2.05, 4.69) is 29.6 Å². The van der Waals surface area contributed by atoms with Crippen molar-refractivity contribution in [1.29, 1.82) is 0 Å². The SMILES string of the molecule is CCN(CC)c1ccc(C(=O)NNC(=O)CSc2ccc(F)c(Cl)c2)cc1. The summed E-state index contributed by atoms with van der Waals surface area (Å²) in [6.07, 6.45) is 0. The minimum Gasteiger partial charge on any atom is -0.372 e. The number of hydrogen-bond donors (Lipinski definition) is 2. The zero-order valence-electron chi connectivity index (χ0n) is 15.1. The lowest BCUT2D eigenvalue weighted by atomic mass is 10.2. The molecule has 27 heavy (non-hydrogen) atoms. The third kappa shape index (κ3) is 6.15. The number of nitrogens with one attached hydrogen (secondary N) is 2. The fraction of sp³-hybridized carbons (Fsp3) is 0.263. The van der Waals surface area contributed by atoms with Crippen LogP contribution in [0.2, 0.25) is 5.02 Å². The second-order valence-corrected chi connectivity index (χ2v) is 7.04. The quantitative estimate of drug-likeness (QED) is 0.538. The molecule has 0 radical (unpaired) electrons. The van der Waals surface area contributed by atoms with E-state index >= 15 is 0 Å². The molecule has 144 valence electrons. The number of hydrogen-bond acceptors (Lipinski definition) is 4. The van der Waals surface area contributed by atoms with Crippen molar-refractivity contribution in [2.24, 2.45) is 0 Å². The monoisotopic (exact) mass is 409 g/mol. The highest BCUT2D eigenvalue weighted by atomic mass is 35.5. The number of nitrogens with zero attached hydrogens (tertiary/aromatic N) is 1. The Kier molecular flexibility index (Phi) is 7.94. The van der Waals surface area contributed by atoms with Crippen LogP contribution in [0.3, 0.4) is 0 Å². The predicted octanol–water partition coefficient (Wildman–Crippen LogP) is 3.88. The second-order valence-electron chi connectivity index (χ2n) is 5.59. The summed E-state index contributed by atoms with van der Waals surface area (Å²) in [7, 11) is 0. The molecule has 2 rings (SSSR count). The Morgan fingerprint density at radius 1 is 1.07 bits per heavy atom. The van der Waals surface area contributed by atoms with Crippen LogP contribution in [-0.4, -0.2) is 30.7 Å². The van der Waals surface area contributed by atoms with Crippen molar-refractivity contribution < 1.29 is 14.0 Å². The summed E-state index contributed by atoms with van der Waals surface area (Å²) in [6, 6.07) is 11.4. The van der Waals surface area contributed by atoms with Crippen LogP contribution in [0.15, 0.2) is 47.4 Å². The number of rotatable bonds is 7.